The summed E-state index contributed by atoms with van der Waals surface area (Å²) in [4.78, 5) is 10.9. The van der Waals surface area contributed by atoms with Crippen molar-refractivity contribution >= 4 is 27.9 Å². The highest BCUT2D eigenvalue weighted by Gasteiger charge is 2.06. The minimum absolute atomic E-state index is 0.0894. The van der Waals surface area contributed by atoms with Crippen molar-refractivity contribution in [1.82, 2.24) is 0 Å². The highest BCUT2D eigenvalue weighted by atomic mass is 79.9. The number of aromatic hydroxyl groups is 1. The van der Waals surface area contributed by atoms with Crippen LogP contribution in [0, 0.1) is 0 Å². The third-order valence-electron chi connectivity index (χ3n) is 1.69. The average Bonchev–Trinajstić information content (AvgIpc) is 2.16. The second kappa shape index (κ2) is 4.81. The van der Waals surface area contributed by atoms with Gasteiger partial charge < -0.3 is 10.8 Å². The number of carbonyl (C=O) groups is 1. The summed E-state index contributed by atoms with van der Waals surface area (Å²) in [6.45, 7) is 0. The van der Waals surface area contributed by atoms with Crippen LogP contribution in [-0.4, -0.2) is 16.3 Å². The summed E-state index contributed by atoms with van der Waals surface area (Å²) in [6, 6.07) is 4.71. The molecule has 0 unspecified atom stereocenters. The Labute approximate surface area is 90.4 Å². The Morgan fingerprint density at radius 1 is 1.57 bits per heavy atom. The predicted molar refractivity (Wildman–Crippen MR) is 59.5 cm³/mol. The van der Waals surface area contributed by atoms with Gasteiger partial charge in [-0.2, -0.15) is 0 Å². The van der Waals surface area contributed by atoms with Crippen LogP contribution in [0.15, 0.2) is 24.3 Å². The first-order valence-corrected chi connectivity index (χ1v) is 5.12. The van der Waals surface area contributed by atoms with Gasteiger partial charge >= 0.3 is 0 Å². The standard InChI is InChI=1S/C10H10BrNO2/c11-5-1-2-7-3-4-9(13)8(6-7)10(12)14/h1-4,6,13H,5H2,(H2,12,14). The number of carbonyl (C=O) groups excluding carboxylic acids is 1. The number of amides is 1. The number of nitrogens with two attached hydrogens (primary N) is 1. The molecule has 1 aromatic rings. The molecular weight excluding hydrogens is 246 g/mol. The molecule has 0 aliphatic heterocycles. The highest BCUT2D eigenvalue weighted by molar-refractivity contribution is 9.09. The number of hydrogen-bond donors (Lipinski definition) is 2. The molecule has 0 radical (unpaired) electrons. The minimum Gasteiger partial charge on any atom is -0.507 e. The summed E-state index contributed by atoms with van der Waals surface area (Å²) in [5.74, 6) is -0.718. The molecule has 0 bridgehead atoms. The lowest BCUT2D eigenvalue weighted by molar-refractivity contribution is 0.0998. The zero-order valence-corrected chi connectivity index (χ0v) is 8.99. The van der Waals surface area contributed by atoms with Gasteiger partial charge in [-0.3, -0.25) is 4.79 Å². The molecule has 74 valence electrons. The van der Waals surface area contributed by atoms with E-state index < -0.39 is 5.91 Å². The van der Waals surface area contributed by atoms with Crippen molar-refractivity contribution in [2.75, 3.05) is 5.33 Å². The van der Waals surface area contributed by atoms with Crippen LogP contribution in [0.25, 0.3) is 6.08 Å². The van der Waals surface area contributed by atoms with Gasteiger partial charge in [0.05, 0.1) is 5.56 Å². The van der Waals surface area contributed by atoms with E-state index in [0.717, 1.165) is 10.9 Å². The number of hydrogen-bond acceptors (Lipinski definition) is 2. The number of phenols is 1. The van der Waals surface area contributed by atoms with Gasteiger partial charge in [-0.15, -0.1) is 0 Å². The Morgan fingerprint density at radius 2 is 2.29 bits per heavy atom. The number of rotatable bonds is 3. The third-order valence-corrected chi connectivity index (χ3v) is 2.06. The quantitative estimate of drug-likeness (QED) is 0.811. The molecule has 0 saturated heterocycles. The van der Waals surface area contributed by atoms with E-state index in [1.54, 1.807) is 12.1 Å². The molecule has 3 nitrogen and oxygen atoms in total. The van der Waals surface area contributed by atoms with Crippen LogP contribution < -0.4 is 5.73 Å². The number of benzene rings is 1. The van der Waals surface area contributed by atoms with E-state index in [0.29, 0.717) is 0 Å². The van der Waals surface area contributed by atoms with Crippen molar-refractivity contribution in [2.24, 2.45) is 5.73 Å². The summed E-state index contributed by atoms with van der Waals surface area (Å²) in [6.07, 6.45) is 3.72. The number of primary amides is 1. The van der Waals surface area contributed by atoms with E-state index in [-0.39, 0.29) is 11.3 Å². The summed E-state index contributed by atoms with van der Waals surface area (Å²) in [7, 11) is 0. The van der Waals surface area contributed by atoms with E-state index in [9.17, 15) is 9.90 Å². The maximum atomic E-state index is 10.9. The molecule has 1 aromatic carbocycles. The molecule has 0 saturated carbocycles. The van der Waals surface area contributed by atoms with Gasteiger partial charge in [0.25, 0.3) is 5.91 Å². The Balaban J connectivity index is 3.06. The Kier molecular flexibility index (Phi) is 3.71. The van der Waals surface area contributed by atoms with E-state index in [1.165, 1.54) is 6.07 Å². The SMILES string of the molecule is NC(=O)c1cc(C=CCBr)ccc1O. The van der Waals surface area contributed by atoms with E-state index in [2.05, 4.69) is 15.9 Å². The van der Waals surface area contributed by atoms with Crippen molar-refractivity contribution in [3.8, 4) is 5.75 Å². The van der Waals surface area contributed by atoms with E-state index in [1.807, 2.05) is 12.2 Å². The lowest BCUT2D eigenvalue weighted by Gasteiger charge is -2.01. The second-order valence-corrected chi connectivity index (χ2v) is 3.34. The summed E-state index contributed by atoms with van der Waals surface area (Å²) >= 11 is 3.24. The van der Waals surface area contributed by atoms with Crippen LogP contribution in [0.4, 0.5) is 0 Å². The van der Waals surface area contributed by atoms with E-state index >= 15 is 0 Å². The summed E-state index contributed by atoms with van der Waals surface area (Å²) in [5, 5.41) is 10.0. The second-order valence-electron chi connectivity index (χ2n) is 2.70. The molecule has 0 aromatic heterocycles. The fourth-order valence-electron chi connectivity index (χ4n) is 1.04. The lowest BCUT2D eigenvalue weighted by Crippen LogP contribution is -2.11. The number of allylic oxidation sites excluding steroid dienone is 1. The van der Waals surface area contributed by atoms with Gasteiger partial charge in [-0.25, -0.2) is 0 Å². The molecule has 3 N–H and O–H groups in total. The Hall–Kier alpha value is -1.29. The van der Waals surface area contributed by atoms with Crippen molar-refractivity contribution < 1.29 is 9.90 Å². The van der Waals surface area contributed by atoms with Crippen LogP contribution in [0.5, 0.6) is 5.75 Å². The van der Waals surface area contributed by atoms with Gasteiger partial charge in [0.15, 0.2) is 0 Å². The van der Waals surface area contributed by atoms with Crippen LogP contribution >= 0.6 is 15.9 Å². The fraction of sp³-hybridized carbons (Fsp3) is 0.100. The van der Waals surface area contributed by atoms with Gasteiger partial charge in [0.1, 0.15) is 5.75 Å². The zero-order chi connectivity index (χ0) is 10.6. The summed E-state index contributed by atoms with van der Waals surface area (Å²) < 4.78 is 0. The van der Waals surface area contributed by atoms with Crippen molar-refractivity contribution in [2.45, 2.75) is 0 Å². The first kappa shape index (κ1) is 10.8. The summed E-state index contributed by atoms with van der Waals surface area (Å²) in [5.41, 5.74) is 6.05. The largest absolute Gasteiger partial charge is 0.507 e. The Bertz CT molecular complexity index is 374. The van der Waals surface area contributed by atoms with Gasteiger partial charge in [0, 0.05) is 5.33 Å². The van der Waals surface area contributed by atoms with Crippen molar-refractivity contribution in [3.05, 3.63) is 35.4 Å². The topological polar surface area (TPSA) is 63.3 Å². The van der Waals surface area contributed by atoms with Crippen LogP contribution in [0.1, 0.15) is 15.9 Å². The first-order chi connectivity index (χ1) is 6.65. The molecule has 0 atom stereocenters. The zero-order valence-electron chi connectivity index (χ0n) is 7.40. The van der Waals surface area contributed by atoms with Crippen molar-refractivity contribution in [3.63, 3.8) is 0 Å². The maximum absolute atomic E-state index is 10.9. The molecule has 14 heavy (non-hydrogen) atoms. The highest BCUT2D eigenvalue weighted by Crippen LogP contribution is 2.18. The molecule has 0 fully saturated rings. The number of alkyl halides is 1. The normalized spacial score (nSPS) is 10.6. The third kappa shape index (κ3) is 2.60. The van der Waals surface area contributed by atoms with Crippen molar-refractivity contribution in [1.29, 1.82) is 0 Å². The molecule has 0 spiro atoms. The maximum Gasteiger partial charge on any atom is 0.252 e. The molecule has 0 aliphatic carbocycles. The molecule has 0 aliphatic rings. The predicted octanol–water partition coefficient (Wildman–Crippen LogP) is 1.90. The van der Waals surface area contributed by atoms with Crippen LogP contribution in [0.2, 0.25) is 0 Å². The molecular formula is C10H10BrNO2. The molecule has 1 amide bonds. The van der Waals surface area contributed by atoms with Gasteiger partial charge in [-0.05, 0) is 17.7 Å². The molecule has 1 rings (SSSR count). The monoisotopic (exact) mass is 255 g/mol. The molecule has 0 heterocycles. The lowest BCUT2D eigenvalue weighted by atomic mass is 10.1. The molecule has 4 heteroatoms. The van der Waals surface area contributed by atoms with Gasteiger partial charge in [-0.1, -0.05) is 34.1 Å². The van der Waals surface area contributed by atoms with E-state index in [4.69, 9.17) is 5.73 Å². The number of halogens is 1. The smallest absolute Gasteiger partial charge is 0.252 e. The average molecular weight is 256 g/mol. The van der Waals surface area contributed by atoms with Crippen LogP contribution in [0.3, 0.4) is 0 Å². The Morgan fingerprint density at radius 3 is 2.86 bits per heavy atom. The first-order valence-electron chi connectivity index (χ1n) is 4.00. The van der Waals surface area contributed by atoms with Gasteiger partial charge in [0.2, 0.25) is 0 Å². The minimum atomic E-state index is -0.628. The van der Waals surface area contributed by atoms with Crippen LogP contribution in [-0.2, 0) is 0 Å². The fourth-order valence-corrected chi connectivity index (χ4v) is 1.22.